The number of anilines is 1. The smallest absolute Gasteiger partial charge is 0.339 e. The summed E-state index contributed by atoms with van der Waals surface area (Å²) in [6.45, 7) is 7.54. The SMILES string of the molecule is C=C(CBr)C(=O)OC.C=C(C[n+]1ccc(N(C)C)cc1)C(=O)OC.[Br-]. The van der Waals surface area contributed by atoms with Crippen molar-refractivity contribution in [2.45, 2.75) is 6.54 Å². The third kappa shape index (κ3) is 10.0. The van der Waals surface area contributed by atoms with Crippen molar-refractivity contribution in [3.05, 3.63) is 48.8 Å². The molecule has 1 heterocycles. The minimum atomic E-state index is -0.371. The van der Waals surface area contributed by atoms with Crippen LogP contribution in [0.25, 0.3) is 0 Å². The Morgan fingerprint density at radius 3 is 1.84 bits per heavy atom. The first kappa shape index (κ1) is 25.6. The van der Waals surface area contributed by atoms with Gasteiger partial charge in [0, 0.05) is 42.8 Å². The number of nitrogens with zero attached hydrogens (tertiary/aromatic N) is 2. The van der Waals surface area contributed by atoms with Crippen LogP contribution in [0.3, 0.4) is 0 Å². The van der Waals surface area contributed by atoms with Crippen LogP contribution in [0.15, 0.2) is 48.8 Å². The predicted octanol–water partition coefficient (Wildman–Crippen LogP) is -1.12. The van der Waals surface area contributed by atoms with Crippen molar-refractivity contribution in [3.63, 3.8) is 0 Å². The highest BCUT2D eigenvalue weighted by Gasteiger charge is 2.12. The highest BCUT2D eigenvalue weighted by atomic mass is 79.9. The summed E-state index contributed by atoms with van der Waals surface area (Å²) in [5.74, 6) is -0.730. The van der Waals surface area contributed by atoms with Gasteiger partial charge in [-0.3, -0.25) is 0 Å². The zero-order valence-electron chi connectivity index (χ0n) is 14.9. The van der Waals surface area contributed by atoms with E-state index < -0.39 is 0 Å². The van der Waals surface area contributed by atoms with E-state index in [1.165, 1.54) is 14.2 Å². The molecule has 0 aliphatic rings. The van der Waals surface area contributed by atoms with Crippen molar-refractivity contribution >= 4 is 33.6 Å². The largest absolute Gasteiger partial charge is 1.00 e. The Labute approximate surface area is 168 Å². The number of alkyl halides is 1. The summed E-state index contributed by atoms with van der Waals surface area (Å²) in [5.41, 5.74) is 1.98. The van der Waals surface area contributed by atoms with Crippen LogP contribution in [0.4, 0.5) is 5.69 Å². The number of esters is 2. The molecule has 0 saturated carbocycles. The van der Waals surface area contributed by atoms with Gasteiger partial charge in [-0.2, -0.15) is 0 Å². The molecule has 1 rings (SSSR count). The third-order valence-electron chi connectivity index (χ3n) is 2.87. The maximum absolute atomic E-state index is 11.1. The second-order valence-electron chi connectivity index (χ2n) is 4.95. The molecule has 0 amide bonds. The predicted molar refractivity (Wildman–Crippen MR) is 97.1 cm³/mol. The van der Waals surface area contributed by atoms with Crippen LogP contribution in [-0.4, -0.2) is 45.6 Å². The number of pyridine rings is 1. The Morgan fingerprint density at radius 1 is 1.08 bits per heavy atom. The normalized spacial score (nSPS) is 8.84. The molecule has 0 radical (unpaired) electrons. The van der Waals surface area contributed by atoms with Crippen LogP contribution in [0.1, 0.15) is 0 Å². The Balaban J connectivity index is 0. The molecule has 0 unspecified atom stereocenters. The van der Waals surface area contributed by atoms with Gasteiger partial charge in [0.05, 0.1) is 19.8 Å². The average molecular weight is 480 g/mol. The fourth-order valence-corrected chi connectivity index (χ4v) is 1.71. The monoisotopic (exact) mass is 478 g/mol. The van der Waals surface area contributed by atoms with Gasteiger partial charge in [-0.15, -0.1) is 0 Å². The second kappa shape index (κ2) is 13.6. The molecule has 0 N–H and O–H groups in total. The Bertz CT molecular complexity index is 573. The van der Waals surface area contributed by atoms with Gasteiger partial charge in [0.15, 0.2) is 18.9 Å². The van der Waals surface area contributed by atoms with E-state index in [9.17, 15) is 9.59 Å². The van der Waals surface area contributed by atoms with Gasteiger partial charge >= 0.3 is 11.9 Å². The van der Waals surface area contributed by atoms with Crippen LogP contribution in [-0.2, 0) is 25.6 Å². The summed E-state index contributed by atoms with van der Waals surface area (Å²) in [6.07, 6.45) is 3.81. The minimum Gasteiger partial charge on any atom is -1.00 e. The van der Waals surface area contributed by atoms with Crippen LogP contribution in [0, 0.1) is 0 Å². The molecule has 140 valence electrons. The number of halogens is 2. The molecule has 0 aliphatic heterocycles. The Kier molecular flexibility index (Phi) is 13.9. The van der Waals surface area contributed by atoms with E-state index in [2.05, 4.69) is 38.6 Å². The van der Waals surface area contributed by atoms with Gasteiger partial charge in [0.2, 0.25) is 0 Å². The summed E-state index contributed by atoms with van der Waals surface area (Å²) in [5, 5.41) is 0.472. The lowest BCUT2D eigenvalue weighted by molar-refractivity contribution is -0.688. The molecule has 0 spiro atoms. The van der Waals surface area contributed by atoms with E-state index >= 15 is 0 Å². The summed E-state index contributed by atoms with van der Waals surface area (Å²) in [6, 6.07) is 3.95. The number of hydrogen-bond acceptors (Lipinski definition) is 5. The molecule has 0 bridgehead atoms. The molecule has 1 aromatic rings. The molecule has 25 heavy (non-hydrogen) atoms. The van der Waals surface area contributed by atoms with Gasteiger partial charge in [-0.1, -0.05) is 29.1 Å². The van der Waals surface area contributed by atoms with E-state index in [0.29, 0.717) is 23.0 Å². The first-order valence-corrected chi connectivity index (χ1v) is 8.13. The standard InChI is InChI=1S/C12H17N2O2.C5H7BrO2.BrH/c1-10(12(15)16-4)9-14-7-5-11(6-8-14)13(2)3;1-4(3-6)5(7)8-2;/h5-8H,1,9H2,2-4H3;1,3H2,2H3;1H/q+1;;/p-1. The van der Waals surface area contributed by atoms with Crippen LogP contribution < -0.4 is 26.4 Å². The maximum atomic E-state index is 11.1. The highest BCUT2D eigenvalue weighted by molar-refractivity contribution is 9.09. The summed E-state index contributed by atoms with van der Waals surface area (Å²) in [4.78, 5) is 23.6. The van der Waals surface area contributed by atoms with Crippen molar-refractivity contribution in [2.24, 2.45) is 0 Å². The number of ether oxygens (including phenoxy) is 2. The molecular formula is C17H24Br2N2O4. The molecule has 1 aromatic heterocycles. The maximum Gasteiger partial charge on any atom is 0.339 e. The number of carbonyl (C=O) groups is 2. The van der Waals surface area contributed by atoms with Crippen molar-refractivity contribution in [3.8, 4) is 0 Å². The van der Waals surface area contributed by atoms with Crippen LogP contribution >= 0.6 is 15.9 Å². The topological polar surface area (TPSA) is 59.7 Å². The lowest BCUT2D eigenvalue weighted by Crippen LogP contribution is -3.00. The fourth-order valence-electron chi connectivity index (χ4n) is 1.48. The number of rotatable bonds is 6. The molecule has 0 saturated heterocycles. The van der Waals surface area contributed by atoms with Gasteiger partial charge in [-0.05, 0) is 0 Å². The first-order chi connectivity index (χ1) is 11.3. The zero-order chi connectivity index (χ0) is 18.7. The Hall–Kier alpha value is -1.67. The molecule has 0 aromatic carbocycles. The van der Waals surface area contributed by atoms with Gasteiger partial charge in [0.1, 0.15) is 0 Å². The van der Waals surface area contributed by atoms with Gasteiger partial charge < -0.3 is 31.4 Å². The van der Waals surface area contributed by atoms with Crippen molar-refractivity contribution in [1.29, 1.82) is 0 Å². The Morgan fingerprint density at radius 2 is 1.52 bits per heavy atom. The van der Waals surface area contributed by atoms with Crippen molar-refractivity contribution in [1.82, 2.24) is 0 Å². The van der Waals surface area contributed by atoms with Crippen LogP contribution in [0.5, 0.6) is 0 Å². The molecule has 0 fully saturated rings. The van der Waals surface area contributed by atoms with Crippen molar-refractivity contribution < 1.29 is 40.6 Å². The number of hydrogen-bond donors (Lipinski definition) is 0. The summed E-state index contributed by atoms with van der Waals surface area (Å²) in [7, 11) is 6.64. The van der Waals surface area contributed by atoms with Gasteiger partial charge in [0.25, 0.3) is 0 Å². The average Bonchev–Trinajstić information content (AvgIpc) is 2.60. The van der Waals surface area contributed by atoms with E-state index in [4.69, 9.17) is 0 Å². The molecule has 0 aliphatic carbocycles. The minimum absolute atomic E-state index is 0. The van der Waals surface area contributed by atoms with Gasteiger partial charge in [-0.25, -0.2) is 14.2 Å². The van der Waals surface area contributed by atoms with Crippen LogP contribution in [0.2, 0.25) is 0 Å². The number of aromatic nitrogens is 1. The third-order valence-corrected chi connectivity index (χ3v) is 3.55. The number of carbonyl (C=O) groups excluding carboxylic acids is 2. The summed E-state index contributed by atoms with van der Waals surface area (Å²) >= 11 is 3.06. The van der Waals surface area contributed by atoms with E-state index in [1.54, 1.807) is 0 Å². The molecule has 6 nitrogen and oxygen atoms in total. The second-order valence-corrected chi connectivity index (χ2v) is 5.51. The lowest BCUT2D eigenvalue weighted by atomic mass is 10.3. The van der Waals surface area contributed by atoms with Crippen molar-refractivity contribution in [2.75, 3.05) is 38.5 Å². The van der Waals surface area contributed by atoms with E-state index in [0.717, 1.165) is 5.69 Å². The zero-order valence-corrected chi connectivity index (χ0v) is 18.1. The number of methoxy groups -OCH3 is 2. The highest BCUT2D eigenvalue weighted by Crippen LogP contribution is 2.06. The molecular weight excluding hydrogens is 456 g/mol. The van der Waals surface area contributed by atoms with E-state index in [1.807, 2.05) is 48.1 Å². The fraction of sp³-hybridized carbons (Fsp3) is 0.353. The molecule has 8 heteroatoms. The quantitative estimate of drug-likeness (QED) is 0.224. The summed E-state index contributed by atoms with van der Waals surface area (Å²) < 4.78 is 10.8. The molecule has 0 atom stereocenters. The first-order valence-electron chi connectivity index (χ1n) is 7.01. The van der Waals surface area contributed by atoms with E-state index in [-0.39, 0.29) is 28.9 Å². The lowest BCUT2D eigenvalue weighted by Gasteiger charge is -2.10.